The molecule has 182 valence electrons. The molecule has 0 N–H and O–H groups in total. The van der Waals surface area contributed by atoms with E-state index in [0.717, 1.165) is 49.0 Å². The van der Waals surface area contributed by atoms with Gasteiger partial charge in [0.1, 0.15) is 5.75 Å². The van der Waals surface area contributed by atoms with Crippen LogP contribution in [0.4, 0.5) is 5.69 Å². The van der Waals surface area contributed by atoms with E-state index in [1.165, 1.54) is 0 Å². The third-order valence-electron chi connectivity index (χ3n) is 6.14. The van der Waals surface area contributed by atoms with E-state index >= 15 is 0 Å². The number of piperazine rings is 1. The summed E-state index contributed by atoms with van der Waals surface area (Å²) in [7, 11) is 6.66. The van der Waals surface area contributed by atoms with Crippen molar-refractivity contribution in [3.8, 4) is 17.2 Å². The molecule has 2 heterocycles. The lowest BCUT2D eigenvalue weighted by atomic mass is 10.0. The number of aromatic nitrogens is 4. The fourth-order valence-electron chi connectivity index (χ4n) is 4.40. The highest BCUT2D eigenvalue weighted by Gasteiger charge is 2.32. The fraction of sp³-hybridized carbons (Fsp3) is 0.458. The van der Waals surface area contributed by atoms with E-state index in [1.807, 2.05) is 41.1 Å². The number of benzene rings is 2. The summed E-state index contributed by atoms with van der Waals surface area (Å²) < 4.78 is 23.7. The number of para-hydroxylation sites is 2. The van der Waals surface area contributed by atoms with E-state index in [0.29, 0.717) is 24.7 Å². The Kier molecular flexibility index (Phi) is 7.81. The van der Waals surface area contributed by atoms with E-state index in [1.54, 1.807) is 28.4 Å². The zero-order valence-electron chi connectivity index (χ0n) is 20.2. The Morgan fingerprint density at radius 2 is 1.59 bits per heavy atom. The minimum Gasteiger partial charge on any atom is -0.495 e. The Morgan fingerprint density at radius 3 is 2.29 bits per heavy atom. The largest absolute Gasteiger partial charge is 0.495 e. The first-order valence-electron chi connectivity index (χ1n) is 11.3. The van der Waals surface area contributed by atoms with Crippen LogP contribution in [0.5, 0.6) is 17.2 Å². The average molecular weight is 469 g/mol. The molecule has 0 unspecified atom stereocenters. The maximum Gasteiger partial charge on any atom is 0.173 e. The SMILES string of the molecule is COCCn1nnnc1[C@@H](c1ccc(OC)c(OC)c1)N1CCN(c2ccccc2OC)CC1. The molecule has 10 heteroatoms. The number of anilines is 1. The summed E-state index contributed by atoms with van der Waals surface area (Å²) in [4.78, 5) is 4.76. The zero-order chi connectivity index (χ0) is 23.9. The normalized spacial score (nSPS) is 15.2. The standard InChI is InChI=1S/C24H32N6O4/c1-31-16-15-30-24(25-26-27-30)23(18-9-10-21(33-3)22(17-18)34-4)29-13-11-28(12-14-29)19-7-5-6-8-20(19)32-2/h5-10,17,23H,11-16H2,1-4H3/t23-/m1/s1. The van der Waals surface area contributed by atoms with Gasteiger partial charge in [-0.15, -0.1) is 5.10 Å². The highest BCUT2D eigenvalue weighted by atomic mass is 16.5. The van der Waals surface area contributed by atoms with Crippen molar-refractivity contribution in [1.29, 1.82) is 0 Å². The molecule has 0 saturated carbocycles. The molecule has 1 aliphatic rings. The Morgan fingerprint density at radius 1 is 0.853 bits per heavy atom. The van der Waals surface area contributed by atoms with Crippen LogP contribution in [0.2, 0.25) is 0 Å². The van der Waals surface area contributed by atoms with E-state index in [-0.39, 0.29) is 6.04 Å². The minimum absolute atomic E-state index is 0.147. The van der Waals surface area contributed by atoms with Crippen molar-refractivity contribution in [2.45, 2.75) is 12.6 Å². The first kappa shape index (κ1) is 23.8. The summed E-state index contributed by atoms with van der Waals surface area (Å²) in [5.74, 6) is 3.02. The Bertz CT molecular complexity index is 1070. The van der Waals surface area contributed by atoms with Gasteiger partial charge in [-0.25, -0.2) is 4.68 Å². The van der Waals surface area contributed by atoms with E-state index in [4.69, 9.17) is 18.9 Å². The van der Waals surface area contributed by atoms with Gasteiger partial charge in [0.25, 0.3) is 0 Å². The second-order valence-corrected chi connectivity index (χ2v) is 7.96. The van der Waals surface area contributed by atoms with Crippen LogP contribution in [-0.4, -0.2) is 86.3 Å². The number of nitrogens with zero attached hydrogens (tertiary/aromatic N) is 6. The van der Waals surface area contributed by atoms with Crippen molar-refractivity contribution in [2.24, 2.45) is 0 Å². The van der Waals surface area contributed by atoms with Crippen molar-refractivity contribution < 1.29 is 18.9 Å². The van der Waals surface area contributed by atoms with Crippen LogP contribution in [0.15, 0.2) is 42.5 Å². The van der Waals surface area contributed by atoms with Gasteiger partial charge in [-0.2, -0.15) is 0 Å². The van der Waals surface area contributed by atoms with Crippen LogP contribution in [0, 0.1) is 0 Å². The molecule has 3 aromatic rings. The third-order valence-corrected chi connectivity index (χ3v) is 6.14. The molecule has 0 amide bonds. The summed E-state index contributed by atoms with van der Waals surface area (Å²) >= 11 is 0. The molecule has 1 atom stereocenters. The van der Waals surface area contributed by atoms with Gasteiger partial charge in [-0.05, 0) is 40.3 Å². The van der Waals surface area contributed by atoms with Crippen LogP contribution < -0.4 is 19.1 Å². The Balaban J connectivity index is 1.64. The summed E-state index contributed by atoms with van der Waals surface area (Å²) in [6, 6.07) is 14.0. The lowest BCUT2D eigenvalue weighted by Gasteiger charge is -2.40. The number of rotatable bonds is 10. The van der Waals surface area contributed by atoms with Gasteiger partial charge in [-0.1, -0.05) is 18.2 Å². The predicted molar refractivity (Wildman–Crippen MR) is 128 cm³/mol. The molecule has 4 rings (SSSR count). The van der Waals surface area contributed by atoms with Crippen molar-refractivity contribution in [3.05, 3.63) is 53.9 Å². The van der Waals surface area contributed by atoms with Crippen molar-refractivity contribution in [2.75, 3.05) is 66.1 Å². The van der Waals surface area contributed by atoms with Crippen LogP contribution in [0.1, 0.15) is 17.4 Å². The molecule has 1 aliphatic heterocycles. The van der Waals surface area contributed by atoms with Gasteiger partial charge in [0.15, 0.2) is 17.3 Å². The molecule has 0 radical (unpaired) electrons. The summed E-state index contributed by atoms with van der Waals surface area (Å²) in [6.45, 7) is 4.46. The first-order chi connectivity index (χ1) is 16.7. The van der Waals surface area contributed by atoms with E-state index in [2.05, 4.69) is 31.4 Å². The van der Waals surface area contributed by atoms with Crippen molar-refractivity contribution in [1.82, 2.24) is 25.1 Å². The Labute approximate surface area is 200 Å². The van der Waals surface area contributed by atoms with Crippen LogP contribution >= 0.6 is 0 Å². The highest BCUT2D eigenvalue weighted by molar-refractivity contribution is 5.58. The maximum atomic E-state index is 5.58. The monoisotopic (exact) mass is 468 g/mol. The molecule has 1 aromatic heterocycles. The Hall–Kier alpha value is -3.37. The molecule has 0 spiro atoms. The number of methoxy groups -OCH3 is 4. The molecule has 2 aromatic carbocycles. The second kappa shape index (κ2) is 11.2. The third kappa shape index (κ3) is 4.92. The number of ether oxygens (including phenoxy) is 4. The second-order valence-electron chi connectivity index (χ2n) is 7.96. The number of hydrogen-bond acceptors (Lipinski definition) is 9. The molecule has 0 bridgehead atoms. The maximum absolute atomic E-state index is 5.58. The molecular formula is C24H32N6O4. The fourth-order valence-corrected chi connectivity index (χ4v) is 4.40. The van der Waals surface area contributed by atoms with Gasteiger partial charge in [0.05, 0.1) is 46.2 Å². The lowest BCUT2D eigenvalue weighted by Crippen LogP contribution is -2.48. The zero-order valence-corrected chi connectivity index (χ0v) is 20.2. The molecule has 10 nitrogen and oxygen atoms in total. The molecular weight excluding hydrogens is 436 g/mol. The summed E-state index contributed by atoms with van der Waals surface area (Å²) in [5.41, 5.74) is 2.15. The summed E-state index contributed by atoms with van der Waals surface area (Å²) in [5, 5.41) is 12.6. The number of tetrazole rings is 1. The predicted octanol–water partition coefficient (Wildman–Crippen LogP) is 2.26. The topological polar surface area (TPSA) is 87.0 Å². The van der Waals surface area contributed by atoms with Crippen LogP contribution in [0.25, 0.3) is 0 Å². The lowest BCUT2D eigenvalue weighted by molar-refractivity contribution is 0.171. The van der Waals surface area contributed by atoms with Crippen molar-refractivity contribution in [3.63, 3.8) is 0 Å². The first-order valence-corrected chi connectivity index (χ1v) is 11.3. The minimum atomic E-state index is -0.147. The van der Waals surface area contributed by atoms with E-state index in [9.17, 15) is 0 Å². The van der Waals surface area contributed by atoms with Gasteiger partial charge in [0, 0.05) is 33.3 Å². The average Bonchev–Trinajstić information content (AvgIpc) is 3.35. The molecule has 1 fully saturated rings. The van der Waals surface area contributed by atoms with Gasteiger partial charge >= 0.3 is 0 Å². The van der Waals surface area contributed by atoms with Crippen LogP contribution in [-0.2, 0) is 11.3 Å². The van der Waals surface area contributed by atoms with Gasteiger partial charge in [0.2, 0.25) is 0 Å². The van der Waals surface area contributed by atoms with Gasteiger partial charge in [-0.3, -0.25) is 4.90 Å². The highest BCUT2D eigenvalue weighted by Crippen LogP contribution is 2.36. The quantitative estimate of drug-likeness (QED) is 0.445. The molecule has 34 heavy (non-hydrogen) atoms. The smallest absolute Gasteiger partial charge is 0.173 e. The van der Waals surface area contributed by atoms with E-state index < -0.39 is 0 Å². The number of hydrogen-bond donors (Lipinski definition) is 0. The van der Waals surface area contributed by atoms with Crippen LogP contribution in [0.3, 0.4) is 0 Å². The molecule has 1 saturated heterocycles. The van der Waals surface area contributed by atoms with Gasteiger partial charge < -0.3 is 23.8 Å². The molecule has 0 aliphatic carbocycles. The summed E-state index contributed by atoms with van der Waals surface area (Å²) in [6.07, 6.45) is 0. The van der Waals surface area contributed by atoms with Crippen molar-refractivity contribution >= 4 is 5.69 Å².